The van der Waals surface area contributed by atoms with Crippen LogP contribution in [0.25, 0.3) is 0 Å². The van der Waals surface area contributed by atoms with Crippen LogP contribution in [0.15, 0.2) is 0 Å². The molecule has 5 rings (SSSR count). The lowest BCUT2D eigenvalue weighted by Crippen LogP contribution is -2.55. The molecule has 0 amide bonds. The molecule has 3 N–H and O–H groups in total. The topological polar surface area (TPSA) is 69.9 Å². The highest BCUT2D eigenvalue weighted by atomic mass is 16.6. The van der Waals surface area contributed by atoms with Gasteiger partial charge in [-0.2, -0.15) is 0 Å². The third-order valence-electron chi connectivity index (χ3n) is 9.72. The highest BCUT2D eigenvalue weighted by molar-refractivity contribution is 5.14. The summed E-state index contributed by atoms with van der Waals surface area (Å²) in [4.78, 5) is 0. The van der Waals surface area contributed by atoms with E-state index in [-0.39, 0.29) is 24.0 Å². The van der Waals surface area contributed by atoms with Gasteiger partial charge < -0.3 is 20.1 Å². The lowest BCUT2D eigenvalue weighted by atomic mass is 9.44. The minimum atomic E-state index is -1.29. The molecule has 0 bridgehead atoms. The summed E-state index contributed by atoms with van der Waals surface area (Å²) < 4.78 is 5.81. The molecule has 0 aromatic carbocycles. The fourth-order valence-electron chi connectivity index (χ4n) is 8.52. The molecule has 4 heteroatoms. The van der Waals surface area contributed by atoms with E-state index in [4.69, 9.17) is 4.74 Å². The van der Waals surface area contributed by atoms with Crippen LogP contribution in [0.5, 0.6) is 0 Å². The van der Waals surface area contributed by atoms with Crippen LogP contribution < -0.4 is 0 Å². The molecule has 5 unspecified atom stereocenters. The average molecular weight is 350 g/mol. The summed E-state index contributed by atoms with van der Waals surface area (Å²) in [7, 11) is 0. The molecule has 1 heterocycles. The standard InChI is InChI=1S/C21H34O4/c1-19-8-6-14(23)10-13(19)2-3-15-16(19)7-9-20-12-25-21(24,11-22)18(20)5-4-17(15)20/h13-18,22-24H,2-12H2,1H3/t13-,14?,15+,16-,17-,18?,19?,20?,21?/m0/s1. The van der Waals surface area contributed by atoms with Crippen LogP contribution in [0.2, 0.25) is 0 Å². The summed E-state index contributed by atoms with van der Waals surface area (Å²) >= 11 is 0. The van der Waals surface area contributed by atoms with E-state index in [1.165, 1.54) is 32.1 Å². The Morgan fingerprint density at radius 2 is 1.84 bits per heavy atom. The van der Waals surface area contributed by atoms with Crippen LogP contribution in [0.3, 0.4) is 0 Å². The van der Waals surface area contributed by atoms with Crippen LogP contribution in [0.4, 0.5) is 0 Å². The first kappa shape index (κ1) is 17.0. The maximum atomic E-state index is 10.8. The second-order valence-electron chi connectivity index (χ2n) is 10.3. The van der Waals surface area contributed by atoms with Gasteiger partial charge in [0.25, 0.3) is 0 Å². The molecular weight excluding hydrogens is 316 g/mol. The summed E-state index contributed by atoms with van der Waals surface area (Å²) in [5.74, 6) is 1.70. The Labute approximate surface area is 151 Å². The van der Waals surface area contributed by atoms with Crippen LogP contribution in [-0.4, -0.2) is 40.4 Å². The molecule has 4 aliphatic carbocycles. The first-order chi connectivity index (χ1) is 11.9. The van der Waals surface area contributed by atoms with Gasteiger partial charge in [0.05, 0.1) is 19.3 Å². The Morgan fingerprint density at radius 3 is 2.64 bits per heavy atom. The van der Waals surface area contributed by atoms with Crippen LogP contribution >= 0.6 is 0 Å². The summed E-state index contributed by atoms with van der Waals surface area (Å²) in [6.45, 7) is 2.89. The molecule has 4 saturated carbocycles. The van der Waals surface area contributed by atoms with E-state index in [0.29, 0.717) is 23.9 Å². The molecule has 1 spiro atoms. The highest BCUT2D eigenvalue weighted by Gasteiger charge is 2.68. The number of aliphatic hydroxyl groups excluding tert-OH is 2. The van der Waals surface area contributed by atoms with Crippen molar-refractivity contribution in [1.29, 1.82) is 0 Å². The van der Waals surface area contributed by atoms with E-state index in [2.05, 4.69) is 6.92 Å². The van der Waals surface area contributed by atoms with E-state index in [1.807, 2.05) is 0 Å². The van der Waals surface area contributed by atoms with Crippen molar-refractivity contribution < 1.29 is 20.1 Å². The number of rotatable bonds is 1. The monoisotopic (exact) mass is 350 g/mol. The maximum Gasteiger partial charge on any atom is 0.192 e. The molecule has 25 heavy (non-hydrogen) atoms. The van der Waals surface area contributed by atoms with Crippen molar-refractivity contribution in [3.63, 3.8) is 0 Å². The molecule has 9 atom stereocenters. The van der Waals surface area contributed by atoms with Gasteiger partial charge in [-0.3, -0.25) is 0 Å². The summed E-state index contributed by atoms with van der Waals surface area (Å²) in [5.41, 5.74) is 0.505. The molecule has 0 aromatic heterocycles. The number of hydrogen-bond acceptors (Lipinski definition) is 4. The molecule has 1 aliphatic heterocycles. The summed E-state index contributed by atoms with van der Waals surface area (Å²) in [5, 5.41) is 30.6. The van der Waals surface area contributed by atoms with E-state index >= 15 is 0 Å². The van der Waals surface area contributed by atoms with Crippen molar-refractivity contribution in [2.24, 2.45) is 40.4 Å². The van der Waals surface area contributed by atoms with E-state index in [9.17, 15) is 15.3 Å². The van der Waals surface area contributed by atoms with Crippen molar-refractivity contribution in [1.82, 2.24) is 0 Å². The van der Waals surface area contributed by atoms with Gasteiger partial charge >= 0.3 is 0 Å². The van der Waals surface area contributed by atoms with Gasteiger partial charge in [0.15, 0.2) is 5.79 Å². The highest BCUT2D eigenvalue weighted by Crippen LogP contribution is 2.70. The number of hydrogen-bond donors (Lipinski definition) is 3. The molecular formula is C21H34O4. The van der Waals surface area contributed by atoms with Gasteiger partial charge in [0, 0.05) is 11.3 Å². The molecule has 5 aliphatic rings. The molecule has 142 valence electrons. The zero-order valence-corrected chi connectivity index (χ0v) is 15.5. The third-order valence-corrected chi connectivity index (χ3v) is 9.72. The molecule has 0 aromatic rings. The van der Waals surface area contributed by atoms with Crippen molar-refractivity contribution >= 4 is 0 Å². The van der Waals surface area contributed by atoms with Crippen molar-refractivity contribution in [3.8, 4) is 0 Å². The molecule has 1 saturated heterocycles. The van der Waals surface area contributed by atoms with Crippen LogP contribution in [0, 0.1) is 40.4 Å². The Hall–Kier alpha value is -0.160. The third kappa shape index (κ3) is 2.09. The molecule has 0 radical (unpaired) electrons. The van der Waals surface area contributed by atoms with Crippen LogP contribution in [0.1, 0.15) is 64.7 Å². The number of fused-ring (bicyclic) bond motifs is 4. The predicted molar refractivity (Wildman–Crippen MR) is 93.5 cm³/mol. The van der Waals surface area contributed by atoms with Gasteiger partial charge in [-0.1, -0.05) is 6.92 Å². The predicted octanol–water partition coefficient (Wildman–Crippen LogP) is 2.70. The number of ether oxygens (including phenoxy) is 1. The first-order valence-electron chi connectivity index (χ1n) is 10.6. The normalized spacial score (nSPS) is 60.5. The van der Waals surface area contributed by atoms with Gasteiger partial charge in [-0.15, -0.1) is 0 Å². The van der Waals surface area contributed by atoms with Gasteiger partial charge in [-0.05, 0) is 86.9 Å². The van der Waals surface area contributed by atoms with E-state index in [1.54, 1.807) is 0 Å². The first-order valence-corrected chi connectivity index (χ1v) is 10.6. The van der Waals surface area contributed by atoms with E-state index < -0.39 is 5.79 Å². The largest absolute Gasteiger partial charge is 0.393 e. The zero-order chi connectivity index (χ0) is 17.4. The lowest BCUT2D eigenvalue weighted by molar-refractivity contribution is -0.217. The van der Waals surface area contributed by atoms with Crippen LogP contribution in [-0.2, 0) is 4.74 Å². The second kappa shape index (κ2) is 5.43. The SMILES string of the molecule is CC12CCC(O)C[C@@H]1CC[C@H]1[C@@H]3CCC4C(O)(CO)OCC43CC[C@@H]12. The Morgan fingerprint density at radius 1 is 1.00 bits per heavy atom. The minimum absolute atomic E-state index is 0.0804. The quantitative estimate of drug-likeness (QED) is 0.680. The Balaban J connectivity index is 1.45. The fraction of sp³-hybridized carbons (Fsp3) is 1.00. The van der Waals surface area contributed by atoms with Gasteiger partial charge in [0.1, 0.15) is 0 Å². The fourth-order valence-corrected chi connectivity index (χ4v) is 8.52. The van der Waals surface area contributed by atoms with Crippen molar-refractivity contribution in [2.75, 3.05) is 13.2 Å². The Kier molecular flexibility index (Phi) is 3.69. The Bertz CT molecular complexity index is 552. The second-order valence-corrected chi connectivity index (χ2v) is 10.3. The lowest BCUT2D eigenvalue weighted by Gasteiger charge is -2.60. The summed E-state index contributed by atoms with van der Waals surface area (Å²) in [6.07, 6.45) is 10.2. The van der Waals surface area contributed by atoms with Crippen molar-refractivity contribution in [2.45, 2.75) is 76.6 Å². The van der Waals surface area contributed by atoms with Crippen molar-refractivity contribution in [3.05, 3.63) is 0 Å². The summed E-state index contributed by atoms with van der Waals surface area (Å²) in [6, 6.07) is 0. The zero-order valence-electron chi connectivity index (χ0n) is 15.5. The van der Waals surface area contributed by atoms with Gasteiger partial charge in [-0.25, -0.2) is 0 Å². The molecule has 4 nitrogen and oxygen atoms in total. The average Bonchev–Trinajstić information content (AvgIpc) is 3.12. The smallest absolute Gasteiger partial charge is 0.192 e. The van der Waals surface area contributed by atoms with E-state index in [0.717, 1.165) is 37.5 Å². The maximum absolute atomic E-state index is 10.8. The molecule has 5 fully saturated rings. The van der Waals surface area contributed by atoms with Gasteiger partial charge in [0.2, 0.25) is 0 Å². The minimum Gasteiger partial charge on any atom is -0.393 e. The number of aliphatic hydroxyl groups is 3.